The molecule has 3 aromatic heterocycles. The van der Waals surface area contributed by atoms with E-state index in [1.54, 1.807) is 47.6 Å². The number of nitrogens with zero attached hydrogens (tertiary/aromatic N) is 5. The highest BCUT2D eigenvalue weighted by Crippen LogP contribution is 2.30. The summed E-state index contributed by atoms with van der Waals surface area (Å²) >= 11 is 0. The second kappa shape index (κ2) is 10.4. The van der Waals surface area contributed by atoms with Crippen molar-refractivity contribution in [3.8, 4) is 0 Å². The number of carbonyl (C=O) groups excluding carboxylic acids is 2. The van der Waals surface area contributed by atoms with Crippen LogP contribution in [0.25, 0.3) is 11.0 Å². The summed E-state index contributed by atoms with van der Waals surface area (Å²) < 4.78 is 6.92. The van der Waals surface area contributed by atoms with Crippen LogP contribution in [0, 0.1) is 13.8 Å². The Morgan fingerprint density at radius 2 is 1.89 bits per heavy atom. The molecular formula is C28H26N6O3. The molecule has 1 N–H and O–H groups in total. The third-order valence-corrected chi connectivity index (χ3v) is 6.27. The Bertz CT molecular complexity index is 1530. The SMILES string of the molecule is Cc1ccc(N(C(=O)Cn2nnc3ccccc32)C(C(=O)NCc2ccco2)c2cccnc2)cc1C. The number of furan rings is 1. The molecule has 0 aliphatic heterocycles. The van der Waals surface area contributed by atoms with Crippen LogP contribution >= 0.6 is 0 Å². The van der Waals surface area contributed by atoms with Crippen molar-refractivity contribution < 1.29 is 14.0 Å². The average Bonchev–Trinajstić information content (AvgIpc) is 3.58. The second-order valence-electron chi connectivity index (χ2n) is 8.75. The highest BCUT2D eigenvalue weighted by molar-refractivity contribution is 6.01. The molecule has 0 fully saturated rings. The maximum Gasteiger partial charge on any atom is 0.249 e. The molecule has 5 rings (SSSR count). The van der Waals surface area contributed by atoms with Gasteiger partial charge in [-0.15, -0.1) is 5.10 Å². The highest BCUT2D eigenvalue weighted by Gasteiger charge is 2.33. The number of aromatic nitrogens is 4. The zero-order valence-electron chi connectivity index (χ0n) is 20.5. The Hall–Kier alpha value is -4.79. The molecule has 0 aliphatic rings. The number of amides is 2. The molecule has 0 saturated heterocycles. The summed E-state index contributed by atoms with van der Waals surface area (Å²) in [5.41, 5.74) is 4.68. The van der Waals surface area contributed by atoms with Gasteiger partial charge in [0.1, 0.15) is 23.9 Å². The number of para-hydroxylation sites is 1. The summed E-state index contributed by atoms with van der Waals surface area (Å²) in [7, 11) is 0. The normalized spacial score (nSPS) is 11.8. The Balaban J connectivity index is 1.56. The number of hydrogen-bond acceptors (Lipinski definition) is 6. The molecule has 0 spiro atoms. The summed E-state index contributed by atoms with van der Waals surface area (Å²) in [6.45, 7) is 4.06. The first-order valence-electron chi connectivity index (χ1n) is 11.9. The Morgan fingerprint density at radius 1 is 1.03 bits per heavy atom. The predicted octanol–water partition coefficient (Wildman–Crippen LogP) is 4.13. The number of aryl methyl sites for hydroxylation is 2. The van der Waals surface area contributed by atoms with E-state index < -0.39 is 6.04 Å². The van der Waals surface area contributed by atoms with Crippen LogP contribution < -0.4 is 10.2 Å². The second-order valence-corrected chi connectivity index (χ2v) is 8.75. The van der Waals surface area contributed by atoms with Gasteiger partial charge in [-0.05, 0) is 67.4 Å². The first kappa shape index (κ1) is 23.9. The number of nitrogens with one attached hydrogen (secondary N) is 1. The van der Waals surface area contributed by atoms with Gasteiger partial charge in [-0.3, -0.25) is 19.5 Å². The molecule has 5 aromatic rings. The van der Waals surface area contributed by atoms with Crippen molar-refractivity contribution in [2.75, 3.05) is 4.90 Å². The third kappa shape index (κ3) is 5.11. The number of benzene rings is 2. The number of carbonyl (C=O) groups is 2. The fraction of sp³-hybridized carbons (Fsp3) is 0.179. The molecule has 37 heavy (non-hydrogen) atoms. The van der Waals surface area contributed by atoms with Crippen LogP contribution in [0.2, 0.25) is 0 Å². The van der Waals surface area contributed by atoms with Crippen LogP contribution in [0.4, 0.5) is 5.69 Å². The van der Waals surface area contributed by atoms with E-state index in [1.807, 2.05) is 56.3 Å². The minimum absolute atomic E-state index is 0.102. The minimum atomic E-state index is -0.979. The van der Waals surface area contributed by atoms with Gasteiger partial charge in [-0.1, -0.05) is 29.5 Å². The molecule has 1 unspecified atom stereocenters. The lowest BCUT2D eigenvalue weighted by Gasteiger charge is -2.31. The molecule has 0 bridgehead atoms. The van der Waals surface area contributed by atoms with E-state index in [9.17, 15) is 9.59 Å². The summed E-state index contributed by atoms with van der Waals surface area (Å²) in [6, 6.07) is 19.2. The van der Waals surface area contributed by atoms with E-state index in [2.05, 4.69) is 20.6 Å². The molecule has 0 aliphatic carbocycles. The molecule has 0 radical (unpaired) electrons. The first-order valence-corrected chi connectivity index (χ1v) is 11.9. The highest BCUT2D eigenvalue weighted by atomic mass is 16.3. The Morgan fingerprint density at radius 3 is 2.65 bits per heavy atom. The lowest BCUT2D eigenvalue weighted by atomic mass is 10.0. The largest absolute Gasteiger partial charge is 0.467 e. The van der Waals surface area contributed by atoms with Gasteiger partial charge in [0, 0.05) is 23.6 Å². The zero-order chi connectivity index (χ0) is 25.8. The standard InChI is InChI=1S/C28H26N6O3/c1-19-11-12-22(15-20(19)2)34(26(35)18-33-25-10-4-3-9-24(25)31-32-33)27(21-7-5-13-29-16-21)28(36)30-17-23-8-6-14-37-23/h3-16,27H,17-18H2,1-2H3,(H,30,36). The lowest BCUT2D eigenvalue weighted by Crippen LogP contribution is -2.45. The number of pyridine rings is 1. The molecule has 0 saturated carbocycles. The van der Waals surface area contributed by atoms with Crippen LogP contribution in [0.5, 0.6) is 0 Å². The van der Waals surface area contributed by atoms with Gasteiger partial charge < -0.3 is 9.73 Å². The summed E-state index contributed by atoms with van der Waals surface area (Å²) in [5.74, 6) is -0.0724. The number of hydrogen-bond donors (Lipinski definition) is 1. The van der Waals surface area contributed by atoms with E-state index in [0.29, 0.717) is 22.5 Å². The maximum absolute atomic E-state index is 14.0. The van der Waals surface area contributed by atoms with Crippen LogP contribution in [-0.2, 0) is 22.7 Å². The van der Waals surface area contributed by atoms with Crippen LogP contribution in [-0.4, -0.2) is 31.8 Å². The van der Waals surface area contributed by atoms with Crippen molar-refractivity contribution in [1.29, 1.82) is 0 Å². The Labute approximate surface area is 213 Å². The number of anilines is 1. The zero-order valence-corrected chi connectivity index (χ0v) is 20.5. The van der Waals surface area contributed by atoms with Crippen molar-refractivity contribution in [3.63, 3.8) is 0 Å². The molecule has 2 aromatic carbocycles. The summed E-state index contributed by atoms with van der Waals surface area (Å²) in [5, 5.41) is 11.3. The number of fused-ring (bicyclic) bond motifs is 1. The van der Waals surface area contributed by atoms with Gasteiger partial charge >= 0.3 is 0 Å². The van der Waals surface area contributed by atoms with Gasteiger partial charge in [0.05, 0.1) is 18.3 Å². The quantitative estimate of drug-likeness (QED) is 0.348. The fourth-order valence-electron chi connectivity index (χ4n) is 4.19. The van der Waals surface area contributed by atoms with Crippen molar-refractivity contribution >= 4 is 28.5 Å². The molecule has 2 amide bonds. The Kier molecular flexibility index (Phi) is 6.76. The molecule has 186 valence electrons. The van der Waals surface area contributed by atoms with Crippen LogP contribution in [0.15, 0.2) is 89.8 Å². The molecule has 1 atom stereocenters. The topological polar surface area (TPSA) is 106 Å². The average molecular weight is 495 g/mol. The summed E-state index contributed by atoms with van der Waals surface area (Å²) in [4.78, 5) is 33.5. The fourth-order valence-corrected chi connectivity index (χ4v) is 4.19. The van der Waals surface area contributed by atoms with E-state index >= 15 is 0 Å². The van der Waals surface area contributed by atoms with E-state index in [1.165, 1.54) is 4.90 Å². The first-order chi connectivity index (χ1) is 18.0. The monoisotopic (exact) mass is 494 g/mol. The third-order valence-electron chi connectivity index (χ3n) is 6.27. The van der Waals surface area contributed by atoms with Gasteiger partial charge in [0.2, 0.25) is 11.8 Å². The van der Waals surface area contributed by atoms with Crippen LogP contribution in [0.1, 0.15) is 28.5 Å². The predicted molar refractivity (Wildman–Crippen MR) is 138 cm³/mol. The van der Waals surface area contributed by atoms with E-state index in [-0.39, 0.29) is 24.9 Å². The molecule has 9 heteroatoms. The maximum atomic E-state index is 14.0. The smallest absolute Gasteiger partial charge is 0.249 e. The van der Waals surface area contributed by atoms with Crippen molar-refractivity contribution in [1.82, 2.24) is 25.3 Å². The van der Waals surface area contributed by atoms with Crippen molar-refractivity contribution in [2.45, 2.75) is 33.0 Å². The van der Waals surface area contributed by atoms with Gasteiger partial charge in [-0.2, -0.15) is 0 Å². The van der Waals surface area contributed by atoms with E-state index in [4.69, 9.17) is 4.42 Å². The molecule has 3 heterocycles. The van der Waals surface area contributed by atoms with E-state index in [0.717, 1.165) is 16.6 Å². The van der Waals surface area contributed by atoms with Crippen LogP contribution in [0.3, 0.4) is 0 Å². The summed E-state index contributed by atoms with van der Waals surface area (Å²) in [6.07, 6.45) is 4.78. The molecule has 9 nitrogen and oxygen atoms in total. The van der Waals surface area contributed by atoms with Crippen molar-refractivity contribution in [3.05, 3.63) is 108 Å². The number of rotatable bonds is 8. The van der Waals surface area contributed by atoms with Crippen molar-refractivity contribution in [2.24, 2.45) is 0 Å². The minimum Gasteiger partial charge on any atom is -0.467 e. The molecular weight excluding hydrogens is 468 g/mol. The van der Waals surface area contributed by atoms with Gasteiger partial charge in [0.25, 0.3) is 0 Å². The lowest BCUT2D eigenvalue weighted by molar-refractivity contribution is -0.127. The van der Waals surface area contributed by atoms with Gasteiger partial charge in [0.15, 0.2) is 0 Å². The van der Waals surface area contributed by atoms with Gasteiger partial charge in [-0.25, -0.2) is 4.68 Å².